The number of hydrogen-bond donors (Lipinski definition) is 1. The largest absolute Gasteiger partial charge is 0.365 e. The molecule has 10 heavy (non-hydrogen) atoms. The van der Waals surface area contributed by atoms with Gasteiger partial charge in [-0.1, -0.05) is 12.2 Å². The Hall–Kier alpha value is -0.340. The molecule has 0 spiro atoms. The average Bonchev–Trinajstić information content (AvgIpc) is 1.86. The Morgan fingerprint density at radius 1 is 1.60 bits per heavy atom. The minimum Gasteiger partial charge on any atom is -0.365 e. The average molecular weight is 140 g/mol. The third-order valence-electron chi connectivity index (χ3n) is 2.21. The smallest absolute Gasteiger partial charge is 0.169 e. The summed E-state index contributed by atoms with van der Waals surface area (Å²) >= 11 is 0. The van der Waals surface area contributed by atoms with E-state index in [1.165, 1.54) is 0 Å². The Morgan fingerprint density at radius 3 is 3.20 bits per heavy atom. The summed E-state index contributed by atoms with van der Waals surface area (Å²) < 4.78 is 5.38. The molecule has 2 heterocycles. The molecule has 2 atom stereocenters. The van der Waals surface area contributed by atoms with Crippen molar-refractivity contribution in [1.29, 1.82) is 0 Å². The van der Waals surface area contributed by atoms with E-state index >= 15 is 0 Å². The van der Waals surface area contributed by atoms with Gasteiger partial charge in [0.1, 0.15) is 0 Å². The van der Waals surface area contributed by atoms with Crippen molar-refractivity contribution in [2.24, 2.45) is 0 Å². The number of rotatable bonds is 0. The second kappa shape index (κ2) is 2.07. The van der Waals surface area contributed by atoms with Crippen LogP contribution in [0, 0.1) is 0 Å². The molecule has 0 radical (unpaired) electrons. The van der Waals surface area contributed by atoms with E-state index in [2.05, 4.69) is 0 Å². The van der Waals surface area contributed by atoms with Gasteiger partial charge in [0, 0.05) is 12.8 Å². The third-order valence-corrected chi connectivity index (χ3v) is 2.21. The predicted molar refractivity (Wildman–Crippen MR) is 37.4 cm³/mol. The zero-order valence-electron chi connectivity index (χ0n) is 5.92. The van der Waals surface area contributed by atoms with Crippen molar-refractivity contribution in [2.45, 2.75) is 37.6 Å². The van der Waals surface area contributed by atoms with E-state index in [0.717, 1.165) is 19.3 Å². The van der Waals surface area contributed by atoms with E-state index in [0.29, 0.717) is 6.42 Å². The van der Waals surface area contributed by atoms with E-state index in [4.69, 9.17) is 4.74 Å². The lowest BCUT2D eigenvalue weighted by Crippen LogP contribution is -2.41. The van der Waals surface area contributed by atoms with Crippen molar-refractivity contribution in [2.75, 3.05) is 0 Å². The molecule has 2 nitrogen and oxygen atoms in total. The van der Waals surface area contributed by atoms with Crippen molar-refractivity contribution < 1.29 is 9.84 Å². The van der Waals surface area contributed by atoms with Crippen molar-refractivity contribution in [3.8, 4) is 0 Å². The molecule has 1 saturated heterocycles. The summed E-state index contributed by atoms with van der Waals surface area (Å²) in [5.74, 6) is -0.808. The molecule has 1 fully saturated rings. The van der Waals surface area contributed by atoms with Gasteiger partial charge >= 0.3 is 0 Å². The first-order valence-electron chi connectivity index (χ1n) is 3.85. The van der Waals surface area contributed by atoms with E-state index < -0.39 is 5.79 Å². The number of aliphatic hydroxyl groups is 1. The quantitative estimate of drug-likeness (QED) is 0.512. The first-order valence-corrected chi connectivity index (χ1v) is 3.85. The van der Waals surface area contributed by atoms with Gasteiger partial charge in [-0.05, 0) is 12.8 Å². The van der Waals surface area contributed by atoms with Gasteiger partial charge in [0.15, 0.2) is 5.79 Å². The fraction of sp³-hybridized carbons (Fsp3) is 0.750. The lowest BCUT2D eigenvalue weighted by molar-refractivity contribution is -0.246. The van der Waals surface area contributed by atoms with Crippen molar-refractivity contribution in [3.63, 3.8) is 0 Å². The van der Waals surface area contributed by atoms with Gasteiger partial charge in [-0.2, -0.15) is 0 Å². The SMILES string of the molecule is O[C@@]12CC=C[C@@H](CCC1)O2. The number of fused-ring (bicyclic) bond motifs is 2. The highest BCUT2D eigenvalue weighted by Gasteiger charge is 2.35. The summed E-state index contributed by atoms with van der Waals surface area (Å²) in [6, 6.07) is 0. The molecular weight excluding hydrogens is 128 g/mol. The Labute approximate surface area is 60.5 Å². The molecule has 0 aromatic heterocycles. The highest BCUT2D eigenvalue weighted by Crippen LogP contribution is 2.33. The van der Waals surface area contributed by atoms with E-state index in [1.54, 1.807) is 0 Å². The predicted octanol–water partition coefficient (Wildman–Crippen LogP) is 1.20. The minimum atomic E-state index is -0.808. The highest BCUT2D eigenvalue weighted by atomic mass is 16.6. The van der Waals surface area contributed by atoms with Crippen molar-refractivity contribution >= 4 is 0 Å². The van der Waals surface area contributed by atoms with E-state index in [9.17, 15) is 5.11 Å². The maximum atomic E-state index is 9.63. The standard InChI is InChI=1S/C8H12O2/c9-8-5-1-3-7(10-8)4-2-6-8/h1,3,7,9H,2,4-6H2/t7-,8+/m0/s1. The van der Waals surface area contributed by atoms with Gasteiger partial charge in [-0.25, -0.2) is 0 Å². The molecule has 0 aliphatic carbocycles. The topological polar surface area (TPSA) is 29.5 Å². The molecule has 2 aliphatic heterocycles. The molecule has 56 valence electrons. The fourth-order valence-electron chi connectivity index (χ4n) is 1.67. The van der Waals surface area contributed by atoms with Crippen LogP contribution in [0.15, 0.2) is 12.2 Å². The summed E-state index contributed by atoms with van der Waals surface area (Å²) in [7, 11) is 0. The molecule has 1 N–H and O–H groups in total. The number of hydrogen-bond acceptors (Lipinski definition) is 2. The Balaban J connectivity index is 2.18. The van der Waals surface area contributed by atoms with Gasteiger partial charge in [-0.3, -0.25) is 0 Å². The Kier molecular flexibility index (Phi) is 1.32. The molecule has 0 aromatic rings. The summed E-state index contributed by atoms with van der Waals surface area (Å²) in [6.07, 6.45) is 7.88. The van der Waals surface area contributed by atoms with Crippen LogP contribution in [0.25, 0.3) is 0 Å². The third kappa shape index (κ3) is 0.976. The fourth-order valence-corrected chi connectivity index (χ4v) is 1.67. The molecule has 2 rings (SSSR count). The van der Waals surface area contributed by atoms with E-state index in [1.807, 2.05) is 12.2 Å². The lowest BCUT2D eigenvalue weighted by atomic mass is 9.94. The summed E-state index contributed by atoms with van der Waals surface area (Å²) in [6.45, 7) is 0. The monoisotopic (exact) mass is 140 g/mol. The first kappa shape index (κ1) is 6.38. The highest BCUT2D eigenvalue weighted by molar-refractivity contribution is 5.01. The van der Waals surface area contributed by atoms with Crippen LogP contribution >= 0.6 is 0 Å². The van der Waals surface area contributed by atoms with Gasteiger partial charge in [0.25, 0.3) is 0 Å². The molecular formula is C8H12O2. The van der Waals surface area contributed by atoms with Crippen molar-refractivity contribution in [3.05, 3.63) is 12.2 Å². The van der Waals surface area contributed by atoms with E-state index in [-0.39, 0.29) is 6.10 Å². The van der Waals surface area contributed by atoms with Crippen LogP contribution in [0.4, 0.5) is 0 Å². The van der Waals surface area contributed by atoms with Crippen LogP contribution in [0.3, 0.4) is 0 Å². The maximum absolute atomic E-state index is 9.63. The summed E-state index contributed by atoms with van der Waals surface area (Å²) in [5.41, 5.74) is 0. The number of ether oxygens (including phenoxy) is 1. The molecule has 0 saturated carbocycles. The molecule has 2 heteroatoms. The van der Waals surface area contributed by atoms with Gasteiger partial charge in [0.05, 0.1) is 6.10 Å². The molecule has 0 unspecified atom stereocenters. The maximum Gasteiger partial charge on any atom is 0.169 e. The Morgan fingerprint density at radius 2 is 2.50 bits per heavy atom. The first-order chi connectivity index (χ1) is 4.79. The molecule has 2 bridgehead atoms. The van der Waals surface area contributed by atoms with Gasteiger partial charge < -0.3 is 9.84 Å². The van der Waals surface area contributed by atoms with Crippen LogP contribution < -0.4 is 0 Å². The second-order valence-electron chi connectivity index (χ2n) is 3.13. The zero-order valence-corrected chi connectivity index (χ0v) is 5.92. The van der Waals surface area contributed by atoms with Crippen LogP contribution in [-0.2, 0) is 4.74 Å². The van der Waals surface area contributed by atoms with Crippen LogP contribution in [-0.4, -0.2) is 17.0 Å². The summed E-state index contributed by atoms with van der Waals surface area (Å²) in [4.78, 5) is 0. The van der Waals surface area contributed by atoms with Crippen LogP contribution in [0.2, 0.25) is 0 Å². The van der Waals surface area contributed by atoms with Crippen LogP contribution in [0.5, 0.6) is 0 Å². The molecule has 0 amide bonds. The van der Waals surface area contributed by atoms with Crippen LogP contribution in [0.1, 0.15) is 25.7 Å². The van der Waals surface area contributed by atoms with Crippen molar-refractivity contribution in [1.82, 2.24) is 0 Å². The molecule has 2 aliphatic rings. The second-order valence-corrected chi connectivity index (χ2v) is 3.13. The lowest BCUT2D eigenvalue weighted by Gasteiger charge is -2.38. The Bertz CT molecular complexity index is 165. The summed E-state index contributed by atoms with van der Waals surface area (Å²) in [5, 5.41) is 9.63. The van der Waals surface area contributed by atoms with Gasteiger partial charge in [-0.15, -0.1) is 0 Å². The minimum absolute atomic E-state index is 0.187. The zero-order chi connectivity index (χ0) is 7.03. The molecule has 0 aromatic carbocycles. The normalized spacial score (nSPS) is 45.5. The van der Waals surface area contributed by atoms with Gasteiger partial charge in [0.2, 0.25) is 0 Å².